The van der Waals surface area contributed by atoms with Crippen LogP contribution >= 0.6 is 0 Å². The predicted molar refractivity (Wildman–Crippen MR) is 41.9 cm³/mol. The Balaban J connectivity index is 3.87. The smallest absolute Gasteiger partial charge is 0.0124 e. The number of rotatable bonds is 3. The van der Waals surface area contributed by atoms with Crippen molar-refractivity contribution in [1.82, 2.24) is 4.90 Å². The molecular formula is C8H15N. The van der Waals surface area contributed by atoms with Crippen molar-refractivity contribution in [3.8, 4) is 0 Å². The molecule has 0 saturated heterocycles. The molecule has 0 aromatic rings. The molecule has 0 atom stereocenters. The molecular weight excluding hydrogens is 110 g/mol. The molecule has 0 radical (unpaired) electrons. The molecule has 1 heteroatoms. The number of hydrogen-bond acceptors (Lipinski definition) is 1. The summed E-state index contributed by atoms with van der Waals surface area (Å²) in [5.74, 6) is 0.507. The summed E-state index contributed by atoms with van der Waals surface area (Å²) in [5.41, 5.74) is 1.10. The number of hydrogen-bond donors (Lipinski definition) is 0. The van der Waals surface area contributed by atoms with E-state index in [1.165, 1.54) is 0 Å². The van der Waals surface area contributed by atoms with Gasteiger partial charge in [0, 0.05) is 12.7 Å². The van der Waals surface area contributed by atoms with Crippen LogP contribution in [0.15, 0.2) is 25.1 Å². The SMILES string of the molecule is C=CN(C)C(=C)C(C)C. The van der Waals surface area contributed by atoms with E-state index in [1.54, 1.807) is 6.20 Å². The van der Waals surface area contributed by atoms with E-state index in [0.29, 0.717) is 5.92 Å². The van der Waals surface area contributed by atoms with Gasteiger partial charge in [-0.3, -0.25) is 0 Å². The molecule has 0 saturated carbocycles. The molecule has 0 aromatic carbocycles. The highest BCUT2D eigenvalue weighted by Crippen LogP contribution is 2.09. The highest BCUT2D eigenvalue weighted by Gasteiger charge is 2.00. The van der Waals surface area contributed by atoms with Gasteiger partial charge in [-0.15, -0.1) is 0 Å². The van der Waals surface area contributed by atoms with Crippen LogP contribution in [0.4, 0.5) is 0 Å². The molecule has 0 heterocycles. The molecule has 0 aliphatic carbocycles. The van der Waals surface area contributed by atoms with Gasteiger partial charge < -0.3 is 4.90 Å². The van der Waals surface area contributed by atoms with Crippen LogP contribution in [0, 0.1) is 5.92 Å². The lowest BCUT2D eigenvalue weighted by Gasteiger charge is -2.19. The summed E-state index contributed by atoms with van der Waals surface area (Å²) >= 11 is 0. The minimum Gasteiger partial charge on any atom is -0.355 e. The lowest BCUT2D eigenvalue weighted by Crippen LogP contribution is -2.12. The predicted octanol–water partition coefficient (Wildman–Crippen LogP) is 2.23. The molecule has 0 N–H and O–H groups in total. The highest BCUT2D eigenvalue weighted by atomic mass is 15.1. The maximum absolute atomic E-state index is 3.88. The van der Waals surface area contributed by atoms with Gasteiger partial charge in [0.15, 0.2) is 0 Å². The monoisotopic (exact) mass is 125 g/mol. The summed E-state index contributed by atoms with van der Waals surface area (Å²) in [4.78, 5) is 1.94. The Bertz CT molecular complexity index is 114. The van der Waals surface area contributed by atoms with Gasteiger partial charge in [0.25, 0.3) is 0 Å². The van der Waals surface area contributed by atoms with E-state index >= 15 is 0 Å². The second-order valence-corrected chi connectivity index (χ2v) is 2.44. The zero-order chi connectivity index (χ0) is 7.44. The van der Waals surface area contributed by atoms with Gasteiger partial charge in [-0.1, -0.05) is 27.0 Å². The number of nitrogens with zero attached hydrogens (tertiary/aromatic N) is 1. The van der Waals surface area contributed by atoms with Crippen LogP contribution in [0.5, 0.6) is 0 Å². The fourth-order valence-electron chi connectivity index (χ4n) is 0.525. The van der Waals surface area contributed by atoms with Gasteiger partial charge in [0.2, 0.25) is 0 Å². The minimum absolute atomic E-state index is 0.507. The Hall–Kier alpha value is -0.720. The first-order valence-corrected chi connectivity index (χ1v) is 3.13. The zero-order valence-corrected chi connectivity index (χ0v) is 6.52. The molecule has 0 fully saturated rings. The summed E-state index contributed by atoms with van der Waals surface area (Å²) in [5, 5.41) is 0. The summed E-state index contributed by atoms with van der Waals surface area (Å²) in [6.07, 6.45) is 1.77. The van der Waals surface area contributed by atoms with Crippen molar-refractivity contribution in [3.05, 3.63) is 25.1 Å². The Labute approximate surface area is 57.7 Å². The third kappa shape index (κ3) is 2.36. The van der Waals surface area contributed by atoms with Crippen molar-refractivity contribution < 1.29 is 0 Å². The second-order valence-electron chi connectivity index (χ2n) is 2.44. The van der Waals surface area contributed by atoms with E-state index in [1.807, 2.05) is 11.9 Å². The van der Waals surface area contributed by atoms with Gasteiger partial charge in [-0.2, -0.15) is 0 Å². The first kappa shape index (κ1) is 8.28. The summed E-state index contributed by atoms with van der Waals surface area (Å²) in [6, 6.07) is 0. The van der Waals surface area contributed by atoms with Gasteiger partial charge in [-0.05, 0) is 12.1 Å². The molecule has 0 bridgehead atoms. The van der Waals surface area contributed by atoms with Gasteiger partial charge in [0.05, 0.1) is 0 Å². The van der Waals surface area contributed by atoms with E-state index < -0.39 is 0 Å². The van der Waals surface area contributed by atoms with Crippen LogP contribution < -0.4 is 0 Å². The quantitative estimate of drug-likeness (QED) is 0.559. The summed E-state index contributed by atoms with van der Waals surface area (Å²) in [6.45, 7) is 11.7. The molecule has 52 valence electrons. The van der Waals surface area contributed by atoms with Crippen LogP contribution in [0.25, 0.3) is 0 Å². The second kappa shape index (κ2) is 3.33. The van der Waals surface area contributed by atoms with E-state index in [9.17, 15) is 0 Å². The van der Waals surface area contributed by atoms with Crippen LogP contribution in [0.1, 0.15) is 13.8 Å². The van der Waals surface area contributed by atoms with Crippen LogP contribution in [-0.2, 0) is 0 Å². The van der Waals surface area contributed by atoms with Crippen molar-refractivity contribution in [1.29, 1.82) is 0 Å². The largest absolute Gasteiger partial charge is 0.355 e. The first-order valence-electron chi connectivity index (χ1n) is 3.13. The minimum atomic E-state index is 0.507. The lowest BCUT2D eigenvalue weighted by atomic mass is 10.1. The van der Waals surface area contributed by atoms with Gasteiger partial charge in [-0.25, -0.2) is 0 Å². The molecule has 9 heavy (non-hydrogen) atoms. The Morgan fingerprint density at radius 2 is 2.00 bits per heavy atom. The summed E-state index contributed by atoms with van der Waals surface area (Å²) < 4.78 is 0. The lowest BCUT2D eigenvalue weighted by molar-refractivity contribution is 0.492. The normalized spacial score (nSPS) is 9.33. The van der Waals surface area contributed by atoms with Crippen LogP contribution in [0.2, 0.25) is 0 Å². The molecule has 1 nitrogen and oxygen atoms in total. The molecule has 0 spiro atoms. The Kier molecular flexibility index (Phi) is 3.07. The molecule has 0 aliphatic rings. The molecule has 0 unspecified atom stereocenters. The maximum Gasteiger partial charge on any atom is 0.0124 e. The van der Waals surface area contributed by atoms with Crippen LogP contribution in [0.3, 0.4) is 0 Å². The van der Waals surface area contributed by atoms with Crippen LogP contribution in [-0.4, -0.2) is 11.9 Å². The van der Waals surface area contributed by atoms with E-state index in [0.717, 1.165) is 5.70 Å². The maximum atomic E-state index is 3.88. The molecule has 0 amide bonds. The standard InChI is InChI=1S/C8H15N/c1-6-9(5)8(4)7(2)3/h6-7H,1,4H2,2-3,5H3. The Morgan fingerprint density at radius 3 is 2.11 bits per heavy atom. The topological polar surface area (TPSA) is 3.24 Å². The molecule has 0 aliphatic heterocycles. The van der Waals surface area contributed by atoms with Crippen molar-refractivity contribution in [3.63, 3.8) is 0 Å². The Morgan fingerprint density at radius 1 is 1.56 bits per heavy atom. The van der Waals surface area contributed by atoms with E-state index in [4.69, 9.17) is 0 Å². The average molecular weight is 125 g/mol. The molecule has 0 aromatic heterocycles. The van der Waals surface area contributed by atoms with Crippen molar-refractivity contribution in [2.24, 2.45) is 5.92 Å². The highest BCUT2D eigenvalue weighted by molar-refractivity contribution is 4.99. The van der Waals surface area contributed by atoms with Crippen molar-refractivity contribution >= 4 is 0 Å². The van der Waals surface area contributed by atoms with Gasteiger partial charge in [0.1, 0.15) is 0 Å². The van der Waals surface area contributed by atoms with Crippen molar-refractivity contribution in [2.75, 3.05) is 7.05 Å². The fraction of sp³-hybridized carbons (Fsp3) is 0.500. The van der Waals surface area contributed by atoms with E-state index in [-0.39, 0.29) is 0 Å². The average Bonchev–Trinajstić information content (AvgIpc) is 1.84. The number of allylic oxidation sites excluding steroid dienone is 1. The van der Waals surface area contributed by atoms with Crippen molar-refractivity contribution in [2.45, 2.75) is 13.8 Å². The molecule has 0 rings (SSSR count). The van der Waals surface area contributed by atoms with E-state index in [2.05, 4.69) is 27.0 Å². The summed E-state index contributed by atoms with van der Waals surface area (Å²) in [7, 11) is 1.95. The first-order chi connectivity index (χ1) is 4.09. The zero-order valence-electron chi connectivity index (χ0n) is 6.52. The van der Waals surface area contributed by atoms with Gasteiger partial charge >= 0.3 is 0 Å². The third-order valence-electron chi connectivity index (χ3n) is 1.39. The fourth-order valence-corrected chi connectivity index (χ4v) is 0.525. The third-order valence-corrected chi connectivity index (χ3v) is 1.39.